The van der Waals surface area contributed by atoms with Crippen LogP contribution in [0, 0.1) is 0 Å². The summed E-state index contributed by atoms with van der Waals surface area (Å²) in [5, 5.41) is 0. The number of ether oxygens (including phenoxy) is 3. The third-order valence-corrected chi connectivity index (χ3v) is 4.19. The fraction of sp³-hybridized carbons (Fsp3) is 0.429. The second-order valence-electron chi connectivity index (χ2n) is 4.42. The smallest absolute Gasteiger partial charge is 0.185 e. The quantitative estimate of drug-likeness (QED) is 0.840. The zero-order valence-corrected chi connectivity index (χ0v) is 11.8. The molecule has 1 saturated heterocycles. The summed E-state index contributed by atoms with van der Waals surface area (Å²) in [6.07, 6.45) is 1.77. The van der Waals surface area contributed by atoms with E-state index >= 15 is 0 Å². The maximum atomic E-state index is 5.63. The van der Waals surface area contributed by atoms with Gasteiger partial charge < -0.3 is 14.2 Å². The fourth-order valence-corrected chi connectivity index (χ4v) is 3.07. The first-order valence-electron chi connectivity index (χ1n) is 6.08. The molecule has 0 atom stereocenters. The van der Waals surface area contributed by atoms with E-state index in [1.54, 1.807) is 7.11 Å². The molecule has 96 valence electrons. The van der Waals surface area contributed by atoms with Crippen molar-refractivity contribution in [1.29, 1.82) is 0 Å². The van der Waals surface area contributed by atoms with Crippen molar-refractivity contribution >= 4 is 21.5 Å². The van der Waals surface area contributed by atoms with Gasteiger partial charge in [0.05, 0.1) is 20.3 Å². The topological polar surface area (TPSA) is 27.7 Å². The van der Waals surface area contributed by atoms with Gasteiger partial charge in [0.2, 0.25) is 0 Å². The van der Waals surface area contributed by atoms with Crippen molar-refractivity contribution in [2.75, 3.05) is 20.3 Å². The number of hydrogen-bond donors (Lipinski definition) is 0. The van der Waals surface area contributed by atoms with Crippen LogP contribution in [0.25, 0.3) is 5.57 Å². The molecule has 0 radical (unpaired) electrons. The molecule has 18 heavy (non-hydrogen) atoms. The Hall–Kier alpha value is -0.840. The summed E-state index contributed by atoms with van der Waals surface area (Å²) < 4.78 is 17.7. The minimum absolute atomic E-state index is 0.230. The first-order valence-corrected chi connectivity index (χ1v) is 6.88. The van der Waals surface area contributed by atoms with Crippen LogP contribution >= 0.6 is 15.9 Å². The van der Waals surface area contributed by atoms with Crippen LogP contribution in [0.5, 0.6) is 5.75 Å². The standard InChI is InChI=1S/C14H15BrO3/c1-16-10-3-4-11-9(8-10)2-5-12(15)13(11)14-17-6-7-18-14/h3-4,8,14H,2,5-7H2,1H3. The minimum atomic E-state index is -0.230. The predicted molar refractivity (Wildman–Crippen MR) is 72.9 cm³/mol. The predicted octanol–water partition coefficient (Wildman–Crippen LogP) is 3.12. The third-order valence-electron chi connectivity index (χ3n) is 3.37. The van der Waals surface area contributed by atoms with Gasteiger partial charge in [-0.2, -0.15) is 0 Å². The molecule has 0 saturated carbocycles. The van der Waals surface area contributed by atoms with E-state index in [-0.39, 0.29) is 6.29 Å². The van der Waals surface area contributed by atoms with Gasteiger partial charge in [0, 0.05) is 10.1 Å². The molecule has 1 heterocycles. The number of aryl methyl sites for hydroxylation is 1. The van der Waals surface area contributed by atoms with Gasteiger partial charge in [-0.1, -0.05) is 22.0 Å². The zero-order chi connectivity index (χ0) is 12.5. The van der Waals surface area contributed by atoms with Gasteiger partial charge in [0.15, 0.2) is 6.29 Å². The summed E-state index contributed by atoms with van der Waals surface area (Å²) in [5.74, 6) is 0.902. The Kier molecular flexibility index (Phi) is 3.41. The van der Waals surface area contributed by atoms with E-state index in [2.05, 4.69) is 28.1 Å². The second kappa shape index (κ2) is 5.03. The first-order chi connectivity index (χ1) is 8.79. The summed E-state index contributed by atoms with van der Waals surface area (Å²) in [4.78, 5) is 0. The first kappa shape index (κ1) is 12.2. The Labute approximate surface area is 115 Å². The van der Waals surface area contributed by atoms with Crippen LogP contribution in [0.3, 0.4) is 0 Å². The number of halogens is 1. The number of methoxy groups -OCH3 is 1. The van der Waals surface area contributed by atoms with Crippen LogP contribution in [0.2, 0.25) is 0 Å². The summed E-state index contributed by atoms with van der Waals surface area (Å²) in [7, 11) is 1.69. The summed E-state index contributed by atoms with van der Waals surface area (Å²) in [6, 6.07) is 6.18. The van der Waals surface area contributed by atoms with E-state index in [4.69, 9.17) is 14.2 Å². The summed E-state index contributed by atoms with van der Waals surface area (Å²) >= 11 is 3.66. The van der Waals surface area contributed by atoms with Crippen molar-refractivity contribution in [2.24, 2.45) is 0 Å². The van der Waals surface area contributed by atoms with Gasteiger partial charge in [-0.05, 0) is 36.1 Å². The lowest BCUT2D eigenvalue weighted by molar-refractivity contribution is 0.00646. The minimum Gasteiger partial charge on any atom is -0.497 e. The van der Waals surface area contributed by atoms with Crippen molar-refractivity contribution in [3.63, 3.8) is 0 Å². The van der Waals surface area contributed by atoms with E-state index in [0.29, 0.717) is 13.2 Å². The maximum Gasteiger partial charge on any atom is 0.185 e. The maximum absolute atomic E-state index is 5.63. The molecule has 4 heteroatoms. The highest BCUT2D eigenvalue weighted by molar-refractivity contribution is 9.11. The molecule has 0 amide bonds. The number of allylic oxidation sites excluding steroid dienone is 1. The van der Waals surface area contributed by atoms with Crippen LogP contribution in [0.1, 0.15) is 17.5 Å². The number of fused-ring (bicyclic) bond motifs is 1. The van der Waals surface area contributed by atoms with Crippen molar-refractivity contribution in [3.8, 4) is 5.75 Å². The third kappa shape index (κ3) is 2.09. The molecule has 0 bridgehead atoms. The van der Waals surface area contributed by atoms with Crippen LogP contribution < -0.4 is 4.74 Å². The highest BCUT2D eigenvalue weighted by Crippen LogP contribution is 2.39. The van der Waals surface area contributed by atoms with Crippen molar-refractivity contribution in [1.82, 2.24) is 0 Å². The summed E-state index contributed by atoms with van der Waals surface area (Å²) in [6.45, 7) is 1.33. The van der Waals surface area contributed by atoms with Gasteiger partial charge in [-0.15, -0.1) is 0 Å². The van der Waals surface area contributed by atoms with Gasteiger partial charge in [0.25, 0.3) is 0 Å². The summed E-state index contributed by atoms with van der Waals surface area (Å²) in [5.41, 5.74) is 3.64. The normalized spacial score (nSPS) is 20.1. The van der Waals surface area contributed by atoms with E-state index in [1.165, 1.54) is 15.6 Å². The average molecular weight is 311 g/mol. The van der Waals surface area contributed by atoms with E-state index in [1.807, 2.05) is 6.07 Å². The van der Waals surface area contributed by atoms with E-state index in [9.17, 15) is 0 Å². The molecular weight excluding hydrogens is 296 g/mol. The Morgan fingerprint density at radius 1 is 1.22 bits per heavy atom. The molecule has 1 aromatic rings. The Bertz CT molecular complexity index is 490. The van der Waals surface area contributed by atoms with E-state index in [0.717, 1.165) is 24.2 Å². The lowest BCUT2D eigenvalue weighted by Crippen LogP contribution is -2.16. The Morgan fingerprint density at radius 3 is 2.72 bits per heavy atom. The molecule has 1 aliphatic carbocycles. The van der Waals surface area contributed by atoms with Gasteiger partial charge in [-0.25, -0.2) is 0 Å². The lowest BCUT2D eigenvalue weighted by atomic mass is 9.90. The van der Waals surface area contributed by atoms with Gasteiger partial charge in [0.1, 0.15) is 5.75 Å². The number of hydrogen-bond acceptors (Lipinski definition) is 3. The number of benzene rings is 1. The Balaban J connectivity index is 2.03. The Morgan fingerprint density at radius 2 is 2.00 bits per heavy atom. The van der Waals surface area contributed by atoms with Crippen LogP contribution in [0.4, 0.5) is 0 Å². The van der Waals surface area contributed by atoms with Crippen LogP contribution in [-0.2, 0) is 15.9 Å². The largest absolute Gasteiger partial charge is 0.497 e. The van der Waals surface area contributed by atoms with Gasteiger partial charge >= 0.3 is 0 Å². The van der Waals surface area contributed by atoms with Crippen molar-refractivity contribution < 1.29 is 14.2 Å². The molecule has 0 N–H and O–H groups in total. The van der Waals surface area contributed by atoms with Gasteiger partial charge in [-0.3, -0.25) is 0 Å². The highest BCUT2D eigenvalue weighted by atomic mass is 79.9. The van der Waals surface area contributed by atoms with Crippen LogP contribution in [-0.4, -0.2) is 26.6 Å². The molecule has 1 aliphatic heterocycles. The monoisotopic (exact) mass is 310 g/mol. The van der Waals surface area contributed by atoms with Crippen LogP contribution in [0.15, 0.2) is 22.7 Å². The highest BCUT2D eigenvalue weighted by Gasteiger charge is 2.28. The van der Waals surface area contributed by atoms with E-state index < -0.39 is 0 Å². The lowest BCUT2D eigenvalue weighted by Gasteiger charge is -2.24. The molecule has 1 aromatic carbocycles. The molecule has 1 fully saturated rings. The molecule has 0 aromatic heterocycles. The second-order valence-corrected chi connectivity index (χ2v) is 5.37. The fourth-order valence-electron chi connectivity index (χ4n) is 2.47. The zero-order valence-electron chi connectivity index (χ0n) is 10.2. The molecular formula is C14H15BrO3. The average Bonchev–Trinajstić information content (AvgIpc) is 2.91. The SMILES string of the molecule is COc1ccc2c(c1)CCC(Br)=C2C1OCCO1. The molecule has 0 spiro atoms. The van der Waals surface area contributed by atoms with Crippen molar-refractivity contribution in [2.45, 2.75) is 19.1 Å². The molecule has 3 nitrogen and oxygen atoms in total. The molecule has 3 rings (SSSR count). The molecule has 2 aliphatic rings. The van der Waals surface area contributed by atoms with Crippen molar-refractivity contribution in [3.05, 3.63) is 33.8 Å². The molecule has 0 unspecified atom stereocenters. The number of rotatable bonds is 2.